The van der Waals surface area contributed by atoms with E-state index < -0.39 is 0 Å². The molecular formula is C21H32N4O2. The second-order valence-corrected chi connectivity index (χ2v) is 7.85. The molecule has 27 heavy (non-hydrogen) atoms. The second kappa shape index (κ2) is 9.74. The SMILES string of the molecule is CC1CCN(C(=O)CON=C(N)c2cccc(CN3CCCCC3)c2)CC1. The number of benzene rings is 1. The fourth-order valence-electron chi connectivity index (χ4n) is 3.76. The van der Waals surface area contributed by atoms with Crippen LogP contribution >= 0.6 is 0 Å². The molecule has 0 radical (unpaired) electrons. The van der Waals surface area contributed by atoms with Crippen LogP contribution in [0.3, 0.4) is 0 Å². The van der Waals surface area contributed by atoms with Crippen molar-refractivity contribution in [2.45, 2.75) is 45.6 Å². The third-order valence-electron chi connectivity index (χ3n) is 5.56. The zero-order chi connectivity index (χ0) is 19.1. The minimum Gasteiger partial charge on any atom is -0.384 e. The van der Waals surface area contributed by atoms with Crippen molar-refractivity contribution in [3.8, 4) is 0 Å². The predicted molar refractivity (Wildman–Crippen MR) is 107 cm³/mol. The van der Waals surface area contributed by atoms with Crippen LogP contribution in [0.2, 0.25) is 0 Å². The first-order valence-corrected chi connectivity index (χ1v) is 10.2. The van der Waals surface area contributed by atoms with Gasteiger partial charge >= 0.3 is 0 Å². The quantitative estimate of drug-likeness (QED) is 0.473. The Bertz CT molecular complexity index is 647. The predicted octanol–water partition coefficient (Wildman–Crippen LogP) is 2.57. The largest absolute Gasteiger partial charge is 0.384 e. The van der Waals surface area contributed by atoms with E-state index in [4.69, 9.17) is 10.6 Å². The fourth-order valence-corrected chi connectivity index (χ4v) is 3.76. The van der Waals surface area contributed by atoms with Crippen molar-refractivity contribution in [3.63, 3.8) is 0 Å². The Morgan fingerprint density at radius 1 is 1.19 bits per heavy atom. The monoisotopic (exact) mass is 372 g/mol. The van der Waals surface area contributed by atoms with Crippen molar-refractivity contribution in [2.24, 2.45) is 16.8 Å². The van der Waals surface area contributed by atoms with Gasteiger partial charge < -0.3 is 15.5 Å². The van der Waals surface area contributed by atoms with E-state index in [0.29, 0.717) is 11.8 Å². The minimum absolute atomic E-state index is 0.0164. The molecule has 2 N–H and O–H groups in total. The summed E-state index contributed by atoms with van der Waals surface area (Å²) in [6, 6.07) is 8.10. The molecule has 148 valence electrons. The van der Waals surface area contributed by atoms with E-state index in [1.807, 2.05) is 17.0 Å². The van der Waals surface area contributed by atoms with Crippen LogP contribution in [0.15, 0.2) is 29.4 Å². The lowest BCUT2D eigenvalue weighted by Crippen LogP contribution is -2.39. The fraction of sp³-hybridized carbons (Fsp3) is 0.619. The number of hydrogen-bond acceptors (Lipinski definition) is 4. The van der Waals surface area contributed by atoms with E-state index >= 15 is 0 Å². The molecule has 2 fully saturated rings. The van der Waals surface area contributed by atoms with E-state index in [1.165, 1.54) is 24.8 Å². The molecule has 3 rings (SSSR count). The van der Waals surface area contributed by atoms with Crippen LogP contribution in [-0.4, -0.2) is 54.3 Å². The Hall–Kier alpha value is -2.08. The van der Waals surface area contributed by atoms with Crippen LogP contribution in [0.5, 0.6) is 0 Å². The molecule has 0 bridgehead atoms. The molecule has 0 aliphatic carbocycles. The van der Waals surface area contributed by atoms with Crippen LogP contribution in [-0.2, 0) is 16.2 Å². The topological polar surface area (TPSA) is 71.2 Å². The highest BCUT2D eigenvalue weighted by Crippen LogP contribution is 2.16. The zero-order valence-corrected chi connectivity index (χ0v) is 16.4. The van der Waals surface area contributed by atoms with Crippen molar-refractivity contribution in [1.82, 2.24) is 9.80 Å². The van der Waals surface area contributed by atoms with Gasteiger partial charge in [0.2, 0.25) is 0 Å². The van der Waals surface area contributed by atoms with Gasteiger partial charge in [-0.2, -0.15) is 0 Å². The summed E-state index contributed by atoms with van der Waals surface area (Å²) in [7, 11) is 0. The first-order chi connectivity index (χ1) is 13.1. The highest BCUT2D eigenvalue weighted by molar-refractivity contribution is 5.97. The van der Waals surface area contributed by atoms with Gasteiger partial charge in [0.05, 0.1) is 0 Å². The molecule has 0 spiro atoms. The van der Waals surface area contributed by atoms with Crippen molar-refractivity contribution >= 4 is 11.7 Å². The smallest absolute Gasteiger partial charge is 0.263 e. The summed E-state index contributed by atoms with van der Waals surface area (Å²) < 4.78 is 0. The highest BCUT2D eigenvalue weighted by atomic mass is 16.6. The first kappa shape index (κ1) is 19.7. The molecule has 6 heteroatoms. The van der Waals surface area contributed by atoms with E-state index in [9.17, 15) is 4.79 Å². The Kier molecular flexibility index (Phi) is 7.10. The van der Waals surface area contributed by atoms with E-state index in [1.54, 1.807) is 0 Å². The molecule has 2 aliphatic heterocycles. The Morgan fingerprint density at radius 3 is 2.67 bits per heavy atom. The standard InChI is InChI=1S/C21H32N4O2/c1-17-8-12-25(13-9-17)20(26)16-27-23-21(22)19-7-5-6-18(14-19)15-24-10-3-2-4-11-24/h5-7,14,17H,2-4,8-13,15-16H2,1H3,(H2,22,23). The molecule has 2 saturated heterocycles. The molecular weight excluding hydrogens is 340 g/mol. The zero-order valence-electron chi connectivity index (χ0n) is 16.4. The summed E-state index contributed by atoms with van der Waals surface area (Å²) in [4.78, 5) is 21.8. The number of nitrogens with zero attached hydrogens (tertiary/aromatic N) is 3. The van der Waals surface area contributed by atoms with E-state index in [0.717, 1.165) is 51.1 Å². The molecule has 1 aromatic carbocycles. The van der Waals surface area contributed by atoms with Crippen molar-refractivity contribution in [2.75, 3.05) is 32.8 Å². The van der Waals surface area contributed by atoms with Gasteiger partial charge in [0.1, 0.15) is 0 Å². The molecule has 0 atom stereocenters. The summed E-state index contributed by atoms with van der Waals surface area (Å²) in [6.07, 6.45) is 6.01. The molecule has 6 nitrogen and oxygen atoms in total. The average Bonchev–Trinajstić information content (AvgIpc) is 2.69. The lowest BCUT2D eigenvalue weighted by Gasteiger charge is -2.29. The Labute approximate surface area is 162 Å². The number of amidine groups is 1. The van der Waals surface area contributed by atoms with Gasteiger partial charge in [0.25, 0.3) is 5.91 Å². The third-order valence-corrected chi connectivity index (χ3v) is 5.56. The third kappa shape index (κ3) is 5.96. The summed E-state index contributed by atoms with van der Waals surface area (Å²) in [5, 5.41) is 3.97. The minimum atomic E-state index is -0.0530. The van der Waals surface area contributed by atoms with Gasteiger partial charge in [-0.15, -0.1) is 0 Å². The number of piperidine rings is 2. The van der Waals surface area contributed by atoms with Crippen LogP contribution in [0, 0.1) is 5.92 Å². The van der Waals surface area contributed by atoms with Crippen LogP contribution in [0.4, 0.5) is 0 Å². The van der Waals surface area contributed by atoms with Crippen molar-refractivity contribution < 1.29 is 9.63 Å². The van der Waals surface area contributed by atoms with Crippen LogP contribution in [0.1, 0.15) is 50.2 Å². The van der Waals surface area contributed by atoms with Crippen molar-refractivity contribution in [1.29, 1.82) is 0 Å². The number of oxime groups is 1. The Balaban J connectivity index is 1.49. The maximum Gasteiger partial charge on any atom is 0.263 e. The normalized spacial score (nSPS) is 19.9. The molecule has 0 aromatic heterocycles. The molecule has 0 saturated carbocycles. The molecule has 1 aromatic rings. The average molecular weight is 373 g/mol. The van der Waals surface area contributed by atoms with Gasteiger partial charge in [-0.1, -0.05) is 36.7 Å². The summed E-state index contributed by atoms with van der Waals surface area (Å²) in [6.45, 7) is 7.05. The van der Waals surface area contributed by atoms with Gasteiger partial charge in [-0.25, -0.2) is 0 Å². The summed E-state index contributed by atoms with van der Waals surface area (Å²) in [5.74, 6) is 0.994. The van der Waals surface area contributed by atoms with Gasteiger partial charge in [0.15, 0.2) is 12.4 Å². The van der Waals surface area contributed by atoms with E-state index in [2.05, 4.69) is 29.1 Å². The van der Waals surface area contributed by atoms with Crippen molar-refractivity contribution in [3.05, 3.63) is 35.4 Å². The van der Waals surface area contributed by atoms with Crippen LogP contribution in [0.25, 0.3) is 0 Å². The van der Waals surface area contributed by atoms with Gasteiger partial charge in [-0.05, 0) is 56.3 Å². The first-order valence-electron chi connectivity index (χ1n) is 10.2. The molecule has 0 unspecified atom stereocenters. The number of hydrogen-bond donors (Lipinski definition) is 1. The lowest BCUT2D eigenvalue weighted by atomic mass is 9.99. The Morgan fingerprint density at radius 2 is 1.93 bits per heavy atom. The lowest BCUT2D eigenvalue weighted by molar-refractivity contribution is -0.137. The maximum absolute atomic E-state index is 12.2. The van der Waals surface area contributed by atoms with E-state index in [-0.39, 0.29) is 12.5 Å². The molecule has 2 heterocycles. The maximum atomic E-state index is 12.2. The number of carbonyl (C=O) groups is 1. The number of nitrogens with two attached hydrogens (primary N) is 1. The van der Waals surface area contributed by atoms with Gasteiger partial charge in [0, 0.05) is 25.2 Å². The number of likely N-dealkylation sites (tertiary alicyclic amines) is 2. The second-order valence-electron chi connectivity index (χ2n) is 7.85. The summed E-state index contributed by atoms with van der Waals surface area (Å²) in [5.41, 5.74) is 8.13. The summed E-state index contributed by atoms with van der Waals surface area (Å²) >= 11 is 0. The number of rotatable bonds is 6. The number of amides is 1. The number of carbonyl (C=O) groups excluding carboxylic acids is 1. The van der Waals surface area contributed by atoms with Gasteiger partial charge in [-0.3, -0.25) is 9.69 Å². The molecule has 2 aliphatic rings. The molecule has 1 amide bonds. The van der Waals surface area contributed by atoms with Crippen LogP contribution < -0.4 is 5.73 Å². The highest BCUT2D eigenvalue weighted by Gasteiger charge is 2.20.